The second-order valence-corrected chi connectivity index (χ2v) is 3.82. The van der Waals surface area contributed by atoms with Gasteiger partial charge in [-0.05, 0) is 43.2 Å². The van der Waals surface area contributed by atoms with Gasteiger partial charge in [-0.25, -0.2) is 4.79 Å². The van der Waals surface area contributed by atoms with Gasteiger partial charge in [-0.15, -0.1) is 0 Å². The molecular weight excluding hydrogens is 256 g/mol. The first-order chi connectivity index (χ1) is 8.99. The summed E-state index contributed by atoms with van der Waals surface area (Å²) in [6.45, 7) is 0. The molecule has 1 aromatic rings. The highest BCUT2D eigenvalue weighted by Crippen LogP contribution is 2.11. The van der Waals surface area contributed by atoms with Crippen LogP contribution < -0.4 is 5.32 Å². The Balaban J connectivity index is 2.40. The Bertz CT molecular complexity index is 479. The molecule has 0 saturated carbocycles. The summed E-state index contributed by atoms with van der Waals surface area (Å²) in [4.78, 5) is 22.1. The summed E-state index contributed by atoms with van der Waals surface area (Å²) >= 11 is 0. The van der Waals surface area contributed by atoms with Crippen molar-refractivity contribution in [2.45, 2.75) is 19.3 Å². The van der Waals surface area contributed by atoms with Crippen molar-refractivity contribution in [3.63, 3.8) is 0 Å². The smallest absolute Gasteiger partial charge is 0.335 e. The Morgan fingerprint density at radius 1 is 1.21 bits per heavy atom. The van der Waals surface area contributed by atoms with Crippen LogP contribution in [0.1, 0.15) is 29.6 Å². The summed E-state index contributed by atoms with van der Waals surface area (Å²) in [7, 11) is 0. The molecule has 0 aliphatic rings. The normalized spacial score (nSPS) is 9.79. The van der Waals surface area contributed by atoms with E-state index in [0.29, 0.717) is 12.1 Å². The second-order valence-electron chi connectivity index (χ2n) is 3.82. The van der Waals surface area contributed by atoms with Crippen LogP contribution in [0.2, 0.25) is 0 Å². The number of aromatic carboxylic acids is 1. The molecule has 0 fully saturated rings. The van der Waals surface area contributed by atoms with E-state index in [1.807, 2.05) is 0 Å². The number of carbonyl (C=O) groups excluding carboxylic acids is 1. The van der Waals surface area contributed by atoms with Gasteiger partial charge in [0.05, 0.1) is 5.56 Å². The van der Waals surface area contributed by atoms with Gasteiger partial charge < -0.3 is 10.4 Å². The number of unbranched alkanes of at least 4 members (excludes halogenated alkanes) is 1. The van der Waals surface area contributed by atoms with E-state index >= 15 is 0 Å². The van der Waals surface area contributed by atoms with Crippen molar-refractivity contribution in [1.82, 2.24) is 0 Å². The van der Waals surface area contributed by atoms with Crippen LogP contribution in [-0.2, 0) is 4.79 Å². The van der Waals surface area contributed by atoms with Gasteiger partial charge in [0.15, 0.2) is 0 Å². The number of anilines is 1. The van der Waals surface area contributed by atoms with E-state index in [2.05, 4.69) is 5.32 Å². The number of rotatable bonds is 6. The van der Waals surface area contributed by atoms with Crippen molar-refractivity contribution in [2.24, 2.45) is 0 Å². The van der Waals surface area contributed by atoms with Crippen LogP contribution in [0.3, 0.4) is 0 Å². The number of hydrogen-bond acceptors (Lipinski definition) is 2. The van der Waals surface area contributed by atoms with Crippen LogP contribution in [0.15, 0.2) is 36.4 Å². The number of halogens is 2. The number of carbonyl (C=O) groups is 2. The van der Waals surface area contributed by atoms with Gasteiger partial charge in [0.1, 0.15) is 0 Å². The molecule has 0 heterocycles. The molecule has 0 aliphatic heterocycles. The van der Waals surface area contributed by atoms with Crippen molar-refractivity contribution in [3.05, 3.63) is 42.0 Å². The lowest BCUT2D eigenvalue weighted by molar-refractivity contribution is -0.116. The summed E-state index contributed by atoms with van der Waals surface area (Å²) in [5.74, 6) is -1.34. The third kappa shape index (κ3) is 5.76. The first-order valence-electron chi connectivity index (χ1n) is 5.63. The van der Waals surface area contributed by atoms with Crippen molar-refractivity contribution >= 4 is 17.6 Å². The van der Waals surface area contributed by atoms with Crippen LogP contribution in [0.25, 0.3) is 0 Å². The van der Waals surface area contributed by atoms with Gasteiger partial charge in [0.2, 0.25) is 5.91 Å². The number of amides is 1. The molecule has 19 heavy (non-hydrogen) atoms. The number of hydrogen-bond donors (Lipinski definition) is 2. The Morgan fingerprint density at radius 3 is 2.37 bits per heavy atom. The lowest BCUT2D eigenvalue weighted by Crippen LogP contribution is -2.11. The van der Waals surface area contributed by atoms with Gasteiger partial charge in [0.25, 0.3) is 6.08 Å². The van der Waals surface area contributed by atoms with Crippen molar-refractivity contribution < 1.29 is 23.5 Å². The molecule has 4 nitrogen and oxygen atoms in total. The molecule has 0 unspecified atom stereocenters. The third-order valence-corrected chi connectivity index (χ3v) is 2.32. The lowest BCUT2D eigenvalue weighted by atomic mass is 10.2. The van der Waals surface area contributed by atoms with Gasteiger partial charge >= 0.3 is 5.97 Å². The molecule has 6 heteroatoms. The van der Waals surface area contributed by atoms with E-state index in [1.165, 1.54) is 24.3 Å². The number of carboxylic acids is 1. The predicted octanol–water partition coefficient (Wildman–Crippen LogP) is 3.27. The summed E-state index contributed by atoms with van der Waals surface area (Å²) in [5, 5.41) is 11.2. The third-order valence-electron chi connectivity index (χ3n) is 2.32. The zero-order valence-electron chi connectivity index (χ0n) is 10.0. The molecule has 0 saturated heterocycles. The minimum Gasteiger partial charge on any atom is -0.478 e. The minimum absolute atomic E-state index is 0.126. The fourth-order valence-corrected chi connectivity index (χ4v) is 1.39. The molecule has 1 rings (SSSR count). The summed E-state index contributed by atoms with van der Waals surface area (Å²) in [6, 6.07) is 5.70. The maximum absolute atomic E-state index is 11.7. The van der Waals surface area contributed by atoms with E-state index in [0.717, 1.165) is 6.08 Å². The van der Waals surface area contributed by atoms with Crippen LogP contribution in [0.4, 0.5) is 14.5 Å². The highest BCUT2D eigenvalue weighted by Gasteiger charge is 2.04. The van der Waals surface area contributed by atoms with Crippen LogP contribution in [-0.4, -0.2) is 17.0 Å². The Labute approximate surface area is 108 Å². The second kappa shape index (κ2) is 7.25. The van der Waals surface area contributed by atoms with Gasteiger partial charge in [0, 0.05) is 12.1 Å². The fourth-order valence-electron chi connectivity index (χ4n) is 1.39. The van der Waals surface area contributed by atoms with E-state index in [1.54, 1.807) is 0 Å². The average molecular weight is 269 g/mol. The van der Waals surface area contributed by atoms with E-state index < -0.39 is 12.0 Å². The Kier molecular flexibility index (Phi) is 5.66. The van der Waals surface area contributed by atoms with Crippen molar-refractivity contribution in [3.8, 4) is 0 Å². The quantitative estimate of drug-likeness (QED) is 0.779. The molecule has 0 aliphatic carbocycles. The highest BCUT2D eigenvalue weighted by atomic mass is 19.3. The molecule has 0 atom stereocenters. The first kappa shape index (κ1) is 14.8. The SMILES string of the molecule is O=C(CCCC=C(F)F)Nc1ccc(C(=O)O)cc1. The zero-order chi connectivity index (χ0) is 14.3. The fraction of sp³-hybridized carbons (Fsp3) is 0.231. The first-order valence-corrected chi connectivity index (χ1v) is 5.63. The molecule has 0 aromatic heterocycles. The van der Waals surface area contributed by atoms with Gasteiger partial charge in [-0.2, -0.15) is 8.78 Å². The zero-order valence-corrected chi connectivity index (χ0v) is 10.0. The van der Waals surface area contributed by atoms with E-state index in [-0.39, 0.29) is 24.3 Å². The van der Waals surface area contributed by atoms with Crippen LogP contribution in [0.5, 0.6) is 0 Å². The molecular formula is C13H13F2NO3. The van der Waals surface area contributed by atoms with Crippen LogP contribution >= 0.6 is 0 Å². The number of allylic oxidation sites excluding steroid dienone is 1. The molecule has 0 bridgehead atoms. The molecule has 0 radical (unpaired) electrons. The standard InChI is InChI=1S/C13H13F2NO3/c14-11(15)3-1-2-4-12(17)16-10-7-5-9(6-8-10)13(18)19/h3,5-8H,1-2,4H2,(H,16,17)(H,18,19). The maximum Gasteiger partial charge on any atom is 0.335 e. The number of benzene rings is 1. The van der Waals surface area contributed by atoms with Gasteiger partial charge in [-0.1, -0.05) is 0 Å². The summed E-state index contributed by atoms with van der Waals surface area (Å²) in [6.07, 6.45) is -0.367. The summed E-state index contributed by atoms with van der Waals surface area (Å²) < 4.78 is 23.4. The Hall–Kier alpha value is -2.24. The topological polar surface area (TPSA) is 66.4 Å². The van der Waals surface area contributed by atoms with Crippen molar-refractivity contribution in [1.29, 1.82) is 0 Å². The molecule has 2 N–H and O–H groups in total. The molecule has 102 valence electrons. The molecule has 0 spiro atoms. The molecule has 1 aromatic carbocycles. The average Bonchev–Trinajstić information content (AvgIpc) is 2.35. The number of nitrogens with one attached hydrogen (secondary N) is 1. The summed E-state index contributed by atoms with van der Waals surface area (Å²) in [5.41, 5.74) is 0.601. The van der Waals surface area contributed by atoms with Crippen LogP contribution in [0, 0.1) is 0 Å². The minimum atomic E-state index is -1.75. The van der Waals surface area contributed by atoms with Gasteiger partial charge in [-0.3, -0.25) is 4.79 Å². The lowest BCUT2D eigenvalue weighted by Gasteiger charge is -2.04. The Morgan fingerprint density at radius 2 is 1.84 bits per heavy atom. The number of carboxylic acid groups (broad SMARTS) is 1. The van der Waals surface area contributed by atoms with E-state index in [4.69, 9.17) is 5.11 Å². The largest absolute Gasteiger partial charge is 0.478 e. The maximum atomic E-state index is 11.7. The predicted molar refractivity (Wildman–Crippen MR) is 66.2 cm³/mol. The highest BCUT2D eigenvalue weighted by molar-refractivity contribution is 5.92. The monoisotopic (exact) mass is 269 g/mol. The molecule has 1 amide bonds. The van der Waals surface area contributed by atoms with E-state index in [9.17, 15) is 18.4 Å². The van der Waals surface area contributed by atoms with Crippen molar-refractivity contribution in [2.75, 3.05) is 5.32 Å².